The highest BCUT2D eigenvalue weighted by Crippen LogP contribution is 2.28. The smallest absolute Gasteiger partial charge is 0.244 e. The molecule has 1 aromatic carbocycles. The first-order chi connectivity index (χ1) is 8.36. The van der Waals surface area contributed by atoms with Crippen LogP contribution in [0.4, 0.5) is 0 Å². The molecule has 0 spiro atoms. The summed E-state index contributed by atoms with van der Waals surface area (Å²) in [5, 5.41) is 3.05. The predicted molar refractivity (Wildman–Crippen MR) is 72.3 cm³/mol. The number of ether oxygens (including phenoxy) is 1. The summed E-state index contributed by atoms with van der Waals surface area (Å²) in [6.07, 6.45) is 0. The molecule has 0 unspecified atom stereocenters. The number of methoxy groups -OCH3 is 1. The summed E-state index contributed by atoms with van der Waals surface area (Å²) in [6.45, 7) is 3.12. The summed E-state index contributed by atoms with van der Waals surface area (Å²) in [4.78, 5) is 0.146. The maximum absolute atomic E-state index is 12.3. The normalized spacial score (nSPS) is 18.2. The first-order valence-electron chi connectivity index (χ1n) is 5.45. The number of halogens is 1. The van der Waals surface area contributed by atoms with Crippen LogP contribution in [0.3, 0.4) is 0 Å². The molecule has 1 aromatic rings. The van der Waals surface area contributed by atoms with Crippen molar-refractivity contribution >= 4 is 26.0 Å². The molecule has 0 radical (unpaired) electrons. The standard InChI is InChI=1S/C11H15BrN2O3S/c1-11(6-13-7-11)14-18(15,16)10-5-8(12)3-4-9(10)17-2/h3-5,13-14H,6-7H2,1-2H3. The largest absolute Gasteiger partial charge is 0.495 e. The van der Waals surface area contributed by atoms with E-state index in [-0.39, 0.29) is 4.90 Å². The molecule has 18 heavy (non-hydrogen) atoms. The highest BCUT2D eigenvalue weighted by atomic mass is 79.9. The van der Waals surface area contributed by atoms with Crippen LogP contribution < -0.4 is 14.8 Å². The molecular formula is C11H15BrN2O3S. The molecule has 2 rings (SSSR count). The molecule has 0 saturated carbocycles. The van der Waals surface area contributed by atoms with E-state index >= 15 is 0 Å². The molecule has 0 bridgehead atoms. The Balaban J connectivity index is 2.37. The van der Waals surface area contributed by atoms with Gasteiger partial charge >= 0.3 is 0 Å². The summed E-state index contributed by atoms with van der Waals surface area (Å²) in [5.74, 6) is 0.335. The van der Waals surface area contributed by atoms with Crippen molar-refractivity contribution in [2.24, 2.45) is 0 Å². The van der Waals surface area contributed by atoms with Gasteiger partial charge in [-0.3, -0.25) is 0 Å². The van der Waals surface area contributed by atoms with Crippen molar-refractivity contribution in [2.45, 2.75) is 17.4 Å². The zero-order valence-electron chi connectivity index (χ0n) is 10.2. The Morgan fingerprint density at radius 1 is 1.44 bits per heavy atom. The van der Waals surface area contributed by atoms with E-state index in [4.69, 9.17) is 4.74 Å². The number of hydrogen-bond donors (Lipinski definition) is 2. The topological polar surface area (TPSA) is 67.4 Å². The monoisotopic (exact) mass is 334 g/mol. The third-order valence-corrected chi connectivity index (χ3v) is 4.98. The minimum atomic E-state index is -3.59. The van der Waals surface area contributed by atoms with Gasteiger partial charge in [-0.25, -0.2) is 13.1 Å². The molecule has 1 saturated heterocycles. The van der Waals surface area contributed by atoms with Gasteiger partial charge < -0.3 is 10.1 Å². The SMILES string of the molecule is COc1ccc(Br)cc1S(=O)(=O)NC1(C)CNC1. The maximum Gasteiger partial charge on any atom is 0.244 e. The van der Waals surface area contributed by atoms with Gasteiger partial charge in [-0.1, -0.05) is 15.9 Å². The fourth-order valence-electron chi connectivity index (χ4n) is 1.81. The molecule has 7 heteroatoms. The van der Waals surface area contributed by atoms with Crippen LogP contribution in [0.5, 0.6) is 5.75 Å². The molecule has 1 heterocycles. The lowest BCUT2D eigenvalue weighted by Gasteiger charge is -2.39. The van der Waals surface area contributed by atoms with Crippen molar-refractivity contribution in [2.75, 3.05) is 20.2 Å². The minimum absolute atomic E-state index is 0.146. The fourth-order valence-corrected chi connectivity index (χ4v) is 3.93. The van der Waals surface area contributed by atoms with Crippen molar-refractivity contribution in [3.63, 3.8) is 0 Å². The van der Waals surface area contributed by atoms with Gasteiger partial charge in [-0.15, -0.1) is 0 Å². The lowest BCUT2D eigenvalue weighted by molar-refractivity contribution is 0.279. The van der Waals surface area contributed by atoms with Gasteiger partial charge in [0.1, 0.15) is 10.6 Å². The fraction of sp³-hybridized carbons (Fsp3) is 0.455. The molecule has 1 aliphatic rings. The molecule has 1 aliphatic heterocycles. The van der Waals surface area contributed by atoms with Crippen molar-refractivity contribution in [3.05, 3.63) is 22.7 Å². The van der Waals surface area contributed by atoms with Gasteiger partial charge in [-0.05, 0) is 25.1 Å². The lowest BCUT2D eigenvalue weighted by atomic mass is 9.97. The van der Waals surface area contributed by atoms with Crippen molar-refractivity contribution in [1.29, 1.82) is 0 Å². The Bertz CT molecular complexity index is 555. The first-order valence-corrected chi connectivity index (χ1v) is 7.72. The number of benzene rings is 1. The molecule has 0 aliphatic carbocycles. The van der Waals surface area contributed by atoms with Gasteiger partial charge in [0.05, 0.1) is 12.6 Å². The third-order valence-electron chi connectivity index (χ3n) is 2.83. The van der Waals surface area contributed by atoms with E-state index in [9.17, 15) is 8.42 Å². The van der Waals surface area contributed by atoms with Crippen molar-refractivity contribution < 1.29 is 13.2 Å². The summed E-state index contributed by atoms with van der Waals surface area (Å²) >= 11 is 3.27. The molecule has 100 valence electrons. The summed E-state index contributed by atoms with van der Waals surface area (Å²) in [6, 6.07) is 4.90. The quantitative estimate of drug-likeness (QED) is 0.865. The molecule has 0 atom stereocenters. The molecule has 1 fully saturated rings. The van der Waals surface area contributed by atoms with Crippen LogP contribution in [0.25, 0.3) is 0 Å². The number of nitrogens with one attached hydrogen (secondary N) is 2. The highest BCUT2D eigenvalue weighted by molar-refractivity contribution is 9.10. The molecule has 0 aromatic heterocycles. The Kier molecular flexibility index (Phi) is 3.68. The zero-order valence-corrected chi connectivity index (χ0v) is 12.6. The van der Waals surface area contributed by atoms with E-state index in [0.29, 0.717) is 23.3 Å². The summed E-state index contributed by atoms with van der Waals surface area (Å²) in [7, 11) is -2.14. The van der Waals surface area contributed by atoms with Gasteiger partial charge in [0.2, 0.25) is 10.0 Å². The van der Waals surface area contributed by atoms with Crippen LogP contribution in [0.15, 0.2) is 27.6 Å². The number of rotatable bonds is 4. The minimum Gasteiger partial charge on any atom is -0.495 e. The van der Waals surface area contributed by atoms with E-state index in [2.05, 4.69) is 26.0 Å². The van der Waals surface area contributed by atoms with Gasteiger partial charge in [0, 0.05) is 17.6 Å². The van der Waals surface area contributed by atoms with Crippen LogP contribution in [-0.2, 0) is 10.0 Å². The van der Waals surface area contributed by atoms with Crippen LogP contribution in [0.2, 0.25) is 0 Å². The van der Waals surface area contributed by atoms with E-state index in [1.807, 2.05) is 6.92 Å². The predicted octanol–water partition coefficient (Wildman–Crippen LogP) is 1.10. The van der Waals surface area contributed by atoms with Crippen molar-refractivity contribution in [3.8, 4) is 5.75 Å². The zero-order chi connectivity index (χ0) is 13.4. The second kappa shape index (κ2) is 4.80. The van der Waals surface area contributed by atoms with Gasteiger partial charge in [0.25, 0.3) is 0 Å². The molecule has 5 nitrogen and oxygen atoms in total. The Labute approximate surface area is 115 Å². The Hall–Kier alpha value is -0.630. The molecular weight excluding hydrogens is 320 g/mol. The summed E-state index contributed by atoms with van der Waals surface area (Å²) < 4.78 is 33.2. The Morgan fingerprint density at radius 3 is 2.61 bits per heavy atom. The Morgan fingerprint density at radius 2 is 2.11 bits per heavy atom. The van der Waals surface area contributed by atoms with E-state index < -0.39 is 15.6 Å². The third kappa shape index (κ3) is 2.69. The number of hydrogen-bond acceptors (Lipinski definition) is 4. The molecule has 0 amide bonds. The van der Waals surface area contributed by atoms with Crippen LogP contribution in [0, 0.1) is 0 Å². The van der Waals surface area contributed by atoms with Crippen LogP contribution >= 0.6 is 15.9 Å². The van der Waals surface area contributed by atoms with E-state index in [1.54, 1.807) is 12.1 Å². The maximum atomic E-state index is 12.3. The highest BCUT2D eigenvalue weighted by Gasteiger charge is 2.37. The summed E-state index contributed by atoms with van der Waals surface area (Å²) in [5.41, 5.74) is -0.424. The molecule has 2 N–H and O–H groups in total. The average Bonchev–Trinajstić information content (AvgIpc) is 2.26. The van der Waals surface area contributed by atoms with Crippen LogP contribution in [-0.4, -0.2) is 34.2 Å². The van der Waals surface area contributed by atoms with Gasteiger partial charge in [-0.2, -0.15) is 0 Å². The van der Waals surface area contributed by atoms with Crippen molar-refractivity contribution in [1.82, 2.24) is 10.0 Å². The first kappa shape index (κ1) is 13.8. The number of sulfonamides is 1. The average molecular weight is 335 g/mol. The van der Waals surface area contributed by atoms with Crippen LogP contribution in [0.1, 0.15) is 6.92 Å². The second-order valence-electron chi connectivity index (χ2n) is 4.56. The lowest BCUT2D eigenvalue weighted by Crippen LogP contribution is -2.66. The van der Waals surface area contributed by atoms with E-state index in [1.165, 1.54) is 13.2 Å². The van der Waals surface area contributed by atoms with Gasteiger partial charge in [0.15, 0.2) is 0 Å². The van der Waals surface area contributed by atoms with E-state index in [0.717, 1.165) is 0 Å². The second-order valence-corrected chi connectivity index (χ2v) is 7.13.